The minimum atomic E-state index is -0.268. The summed E-state index contributed by atoms with van der Waals surface area (Å²) in [6.07, 6.45) is 2.07. The van der Waals surface area contributed by atoms with Crippen LogP contribution < -0.4 is 10.2 Å². The van der Waals surface area contributed by atoms with Crippen molar-refractivity contribution in [2.75, 3.05) is 43.2 Å². The van der Waals surface area contributed by atoms with Crippen LogP contribution in [0.25, 0.3) is 0 Å². The lowest BCUT2D eigenvalue weighted by Crippen LogP contribution is -2.42. The van der Waals surface area contributed by atoms with Gasteiger partial charge in [-0.05, 0) is 56.8 Å². The predicted octanol–water partition coefficient (Wildman–Crippen LogP) is 4.07. The smallest absolute Gasteiger partial charge is 0.237 e. The van der Waals surface area contributed by atoms with E-state index in [1.54, 1.807) is 17.8 Å². The average Bonchev–Trinajstić information content (AvgIpc) is 2.59. The normalized spacial score (nSPS) is 17.0. The van der Waals surface area contributed by atoms with Crippen LogP contribution in [0.4, 0.5) is 15.8 Å². The molecule has 0 bridgehead atoms. The number of nitrogens with one attached hydrogen (secondary N) is 1. The zero-order chi connectivity index (χ0) is 19.3. The third-order valence-corrected chi connectivity index (χ3v) is 6.41. The van der Waals surface area contributed by atoms with E-state index in [-0.39, 0.29) is 22.9 Å². The molecule has 1 heterocycles. The minimum absolute atomic E-state index is 0.0502. The Morgan fingerprint density at radius 3 is 2.50 bits per heavy atom. The van der Waals surface area contributed by atoms with Crippen molar-refractivity contribution in [3.8, 4) is 0 Å². The average molecular weight is 382 g/mol. The molecule has 1 atom stereocenters. The van der Waals surface area contributed by atoms with Crippen molar-refractivity contribution in [3.05, 3.63) is 24.0 Å². The number of hydrogen-bond donors (Lipinski definition) is 1. The molecule has 1 amide bonds. The van der Waals surface area contributed by atoms with Crippen LogP contribution in [-0.4, -0.2) is 55.0 Å². The molecule has 26 heavy (non-hydrogen) atoms. The van der Waals surface area contributed by atoms with Gasteiger partial charge in [0.05, 0.1) is 10.9 Å². The third kappa shape index (κ3) is 5.36. The lowest BCUT2D eigenvalue weighted by molar-refractivity contribution is -0.116. The Balaban J connectivity index is 2.02. The summed E-state index contributed by atoms with van der Waals surface area (Å²) in [5.41, 5.74) is 1.16. The van der Waals surface area contributed by atoms with E-state index in [4.69, 9.17) is 0 Å². The lowest BCUT2D eigenvalue weighted by Gasteiger charge is -2.36. The highest BCUT2D eigenvalue weighted by atomic mass is 32.2. The van der Waals surface area contributed by atoms with E-state index < -0.39 is 0 Å². The number of benzene rings is 1. The highest BCUT2D eigenvalue weighted by molar-refractivity contribution is 8.00. The van der Waals surface area contributed by atoms with Crippen LogP contribution in [0.3, 0.4) is 0 Å². The molecular formula is C20H32FN3OS. The zero-order valence-electron chi connectivity index (χ0n) is 16.6. The van der Waals surface area contributed by atoms with Gasteiger partial charge < -0.3 is 15.1 Å². The van der Waals surface area contributed by atoms with Gasteiger partial charge in [-0.3, -0.25) is 4.79 Å². The van der Waals surface area contributed by atoms with E-state index in [1.165, 1.54) is 6.07 Å². The number of carbonyl (C=O) groups excluding carboxylic acids is 1. The van der Waals surface area contributed by atoms with Crippen LogP contribution in [-0.2, 0) is 4.79 Å². The molecule has 0 spiro atoms. The van der Waals surface area contributed by atoms with Crippen LogP contribution in [0.1, 0.15) is 33.6 Å². The number of halogens is 1. The fourth-order valence-corrected chi connectivity index (χ4v) is 4.38. The predicted molar refractivity (Wildman–Crippen MR) is 111 cm³/mol. The first kappa shape index (κ1) is 21.0. The molecular weight excluding hydrogens is 349 g/mol. The molecule has 1 saturated heterocycles. The molecule has 0 aliphatic carbocycles. The first-order chi connectivity index (χ1) is 12.3. The van der Waals surface area contributed by atoms with Crippen LogP contribution in [0.15, 0.2) is 18.2 Å². The highest BCUT2D eigenvalue weighted by Gasteiger charge is 2.24. The SMILES string of the molecule is CCS[C@@H](C(=O)Nc1ccc(N2CCC(N(C)C)CC2)c(F)c1)C(C)C. The van der Waals surface area contributed by atoms with Gasteiger partial charge in [0.15, 0.2) is 0 Å². The molecule has 1 aromatic rings. The molecule has 1 fully saturated rings. The van der Waals surface area contributed by atoms with E-state index in [0.29, 0.717) is 17.4 Å². The van der Waals surface area contributed by atoms with Crippen molar-refractivity contribution in [1.82, 2.24) is 4.90 Å². The van der Waals surface area contributed by atoms with Gasteiger partial charge in [0.2, 0.25) is 5.91 Å². The number of thioether (sulfide) groups is 1. The van der Waals surface area contributed by atoms with Gasteiger partial charge in [-0.15, -0.1) is 11.8 Å². The second-order valence-corrected chi connectivity index (χ2v) is 8.88. The summed E-state index contributed by atoms with van der Waals surface area (Å²) in [7, 11) is 4.19. The molecule has 6 heteroatoms. The molecule has 4 nitrogen and oxygen atoms in total. The Morgan fingerprint density at radius 1 is 1.35 bits per heavy atom. The second-order valence-electron chi connectivity index (χ2n) is 7.46. The van der Waals surface area contributed by atoms with Gasteiger partial charge in [-0.25, -0.2) is 4.39 Å². The number of amides is 1. The monoisotopic (exact) mass is 381 g/mol. The summed E-state index contributed by atoms with van der Waals surface area (Å²) >= 11 is 1.63. The Bertz CT molecular complexity index is 601. The van der Waals surface area contributed by atoms with Gasteiger partial charge >= 0.3 is 0 Å². The quantitative estimate of drug-likeness (QED) is 0.772. The molecule has 1 aromatic carbocycles. The number of rotatable bonds is 7. The van der Waals surface area contributed by atoms with E-state index in [0.717, 1.165) is 31.7 Å². The maximum atomic E-state index is 14.6. The third-order valence-electron chi connectivity index (χ3n) is 4.96. The van der Waals surface area contributed by atoms with E-state index >= 15 is 0 Å². The molecule has 146 valence electrons. The number of piperidine rings is 1. The molecule has 2 rings (SSSR count). The lowest BCUT2D eigenvalue weighted by atomic mass is 10.0. The summed E-state index contributed by atoms with van der Waals surface area (Å²) in [5.74, 6) is 0.801. The molecule has 1 aliphatic heterocycles. The summed E-state index contributed by atoms with van der Waals surface area (Å²) in [6, 6.07) is 5.61. The van der Waals surface area contributed by atoms with E-state index in [9.17, 15) is 9.18 Å². The number of carbonyl (C=O) groups is 1. The topological polar surface area (TPSA) is 35.6 Å². The van der Waals surface area contributed by atoms with Gasteiger partial charge in [-0.1, -0.05) is 20.8 Å². The molecule has 0 unspecified atom stereocenters. The minimum Gasteiger partial charge on any atom is -0.369 e. The maximum Gasteiger partial charge on any atom is 0.237 e. The van der Waals surface area contributed by atoms with Crippen LogP contribution in [0.2, 0.25) is 0 Å². The van der Waals surface area contributed by atoms with Crippen molar-refractivity contribution in [1.29, 1.82) is 0 Å². The standard InChI is InChI=1S/C20H32FN3OS/c1-6-26-19(14(2)3)20(25)22-15-7-8-18(17(21)13-15)24-11-9-16(10-12-24)23(4)5/h7-8,13-14,16,19H,6,9-12H2,1-5H3,(H,22,25)/t19-/m1/s1. The van der Waals surface area contributed by atoms with Crippen molar-refractivity contribution in [2.24, 2.45) is 5.92 Å². The highest BCUT2D eigenvalue weighted by Crippen LogP contribution is 2.28. The molecule has 0 aromatic heterocycles. The Labute approximate surface area is 161 Å². The largest absolute Gasteiger partial charge is 0.369 e. The van der Waals surface area contributed by atoms with Gasteiger partial charge in [0.25, 0.3) is 0 Å². The first-order valence-corrected chi connectivity index (χ1v) is 10.5. The van der Waals surface area contributed by atoms with Gasteiger partial charge in [0.1, 0.15) is 5.82 Å². The summed E-state index contributed by atoms with van der Waals surface area (Å²) in [4.78, 5) is 16.8. The number of nitrogens with zero attached hydrogens (tertiary/aromatic N) is 2. The molecule has 1 aliphatic rings. The van der Waals surface area contributed by atoms with Crippen LogP contribution in [0.5, 0.6) is 0 Å². The fraction of sp³-hybridized carbons (Fsp3) is 0.650. The second kappa shape index (κ2) is 9.60. The maximum absolute atomic E-state index is 14.6. The Kier molecular flexibility index (Phi) is 7.77. The number of anilines is 2. The summed E-state index contributed by atoms with van der Waals surface area (Å²) < 4.78 is 14.6. The number of hydrogen-bond acceptors (Lipinski definition) is 4. The first-order valence-electron chi connectivity index (χ1n) is 9.46. The van der Waals surface area contributed by atoms with Crippen molar-refractivity contribution in [3.63, 3.8) is 0 Å². The molecule has 1 N–H and O–H groups in total. The van der Waals surface area contributed by atoms with Crippen molar-refractivity contribution < 1.29 is 9.18 Å². The Hall–Kier alpha value is -1.27. The zero-order valence-corrected chi connectivity index (χ0v) is 17.4. The fourth-order valence-electron chi connectivity index (χ4n) is 3.43. The van der Waals surface area contributed by atoms with E-state index in [1.807, 2.05) is 26.8 Å². The molecule has 0 saturated carbocycles. The molecule has 0 radical (unpaired) electrons. The van der Waals surface area contributed by atoms with Crippen molar-refractivity contribution >= 4 is 29.0 Å². The van der Waals surface area contributed by atoms with Gasteiger partial charge in [-0.2, -0.15) is 0 Å². The van der Waals surface area contributed by atoms with Crippen LogP contribution in [0, 0.1) is 11.7 Å². The summed E-state index contributed by atoms with van der Waals surface area (Å²) in [6.45, 7) is 7.82. The van der Waals surface area contributed by atoms with E-state index in [2.05, 4.69) is 29.2 Å². The summed E-state index contributed by atoms with van der Waals surface area (Å²) in [5, 5.41) is 2.76. The van der Waals surface area contributed by atoms with Crippen LogP contribution >= 0.6 is 11.8 Å². The van der Waals surface area contributed by atoms with Crippen molar-refractivity contribution in [2.45, 2.75) is 44.9 Å². The Morgan fingerprint density at radius 2 is 2.00 bits per heavy atom. The van der Waals surface area contributed by atoms with Gasteiger partial charge in [0, 0.05) is 24.8 Å².